The summed E-state index contributed by atoms with van der Waals surface area (Å²) in [6.45, 7) is 7.48. The Morgan fingerprint density at radius 2 is 1.88 bits per heavy atom. The van der Waals surface area contributed by atoms with Crippen LogP contribution < -0.4 is 15.8 Å². The summed E-state index contributed by atoms with van der Waals surface area (Å²) in [6, 6.07) is 7.45. The van der Waals surface area contributed by atoms with Crippen LogP contribution in [0.4, 0.5) is 4.79 Å². The van der Waals surface area contributed by atoms with Gasteiger partial charge in [0, 0.05) is 19.1 Å². The van der Waals surface area contributed by atoms with E-state index in [1.165, 1.54) is 0 Å². The number of nitrogens with one attached hydrogen (secondary N) is 1. The van der Waals surface area contributed by atoms with E-state index in [0.717, 1.165) is 11.3 Å². The number of likely N-dealkylation sites (tertiary alicyclic amines) is 1. The van der Waals surface area contributed by atoms with Gasteiger partial charge in [-0.05, 0) is 29.9 Å². The predicted molar refractivity (Wildman–Crippen MR) is 93.0 cm³/mol. The number of rotatable bonds is 4. The monoisotopic (exact) mass is 333 g/mol. The second-order valence-electron chi connectivity index (χ2n) is 7.20. The summed E-state index contributed by atoms with van der Waals surface area (Å²) < 4.78 is 5.73. The molecule has 1 aliphatic heterocycles. The van der Waals surface area contributed by atoms with Crippen LogP contribution in [0.15, 0.2) is 24.3 Å². The van der Waals surface area contributed by atoms with Gasteiger partial charge in [-0.2, -0.15) is 0 Å². The van der Waals surface area contributed by atoms with E-state index in [4.69, 9.17) is 10.5 Å². The number of carbonyl (C=O) groups is 2. The topological polar surface area (TPSA) is 84.7 Å². The molecule has 1 heterocycles. The molecule has 2 rings (SSSR count). The number of primary amides is 1. The average Bonchev–Trinajstić information content (AvgIpc) is 2.53. The third-order valence-electron chi connectivity index (χ3n) is 4.23. The molecule has 132 valence electrons. The first-order valence-corrected chi connectivity index (χ1v) is 8.33. The minimum atomic E-state index is -0.401. The van der Waals surface area contributed by atoms with Crippen LogP contribution in [0.2, 0.25) is 0 Å². The van der Waals surface area contributed by atoms with Crippen LogP contribution in [0.3, 0.4) is 0 Å². The average molecular weight is 333 g/mol. The van der Waals surface area contributed by atoms with Gasteiger partial charge in [-0.25, -0.2) is 4.79 Å². The van der Waals surface area contributed by atoms with Gasteiger partial charge in [-0.15, -0.1) is 0 Å². The number of ether oxygens (including phenoxy) is 1. The molecular formula is C18H27N3O3. The van der Waals surface area contributed by atoms with Crippen molar-refractivity contribution in [3.05, 3.63) is 29.8 Å². The summed E-state index contributed by atoms with van der Waals surface area (Å²) >= 11 is 0. The van der Waals surface area contributed by atoms with Crippen molar-refractivity contribution >= 4 is 11.9 Å². The van der Waals surface area contributed by atoms with Crippen LogP contribution in [-0.4, -0.2) is 42.6 Å². The fraction of sp³-hybridized carbons (Fsp3) is 0.556. The highest BCUT2D eigenvalue weighted by atomic mass is 16.5. The molecule has 3 amide bonds. The molecule has 1 aliphatic rings. The predicted octanol–water partition coefficient (Wildman–Crippen LogP) is 2.02. The fourth-order valence-corrected chi connectivity index (χ4v) is 2.87. The number of para-hydroxylation sites is 1. The van der Waals surface area contributed by atoms with Crippen LogP contribution in [0, 0.1) is 0 Å². The number of nitrogens with two attached hydrogens (primary N) is 1. The Balaban J connectivity index is 1.83. The molecule has 0 aromatic heterocycles. The van der Waals surface area contributed by atoms with E-state index in [2.05, 4.69) is 26.1 Å². The highest BCUT2D eigenvalue weighted by molar-refractivity contribution is 5.78. The highest BCUT2D eigenvalue weighted by Crippen LogP contribution is 2.30. The van der Waals surface area contributed by atoms with Crippen molar-refractivity contribution in [2.45, 2.75) is 45.1 Å². The van der Waals surface area contributed by atoms with Gasteiger partial charge in [0.15, 0.2) is 6.61 Å². The van der Waals surface area contributed by atoms with E-state index in [1.54, 1.807) is 4.90 Å². The maximum absolute atomic E-state index is 12.1. The van der Waals surface area contributed by atoms with Gasteiger partial charge < -0.3 is 20.7 Å². The van der Waals surface area contributed by atoms with Crippen LogP contribution in [0.25, 0.3) is 0 Å². The van der Waals surface area contributed by atoms with Crippen molar-refractivity contribution in [2.75, 3.05) is 19.7 Å². The lowest BCUT2D eigenvalue weighted by atomic mass is 9.86. The van der Waals surface area contributed by atoms with E-state index in [9.17, 15) is 9.59 Å². The van der Waals surface area contributed by atoms with Crippen molar-refractivity contribution < 1.29 is 14.3 Å². The standard InChI is InChI=1S/C18H27N3O3/c1-18(2,3)14-6-4-5-7-15(14)24-12-16(22)20-13-8-10-21(11-9-13)17(19)23/h4-7,13H,8-12H2,1-3H3,(H2,19,23)(H,20,22). The second kappa shape index (κ2) is 7.55. The molecule has 1 saturated heterocycles. The third kappa shape index (κ3) is 4.88. The molecule has 0 saturated carbocycles. The Bertz CT molecular complexity index is 587. The quantitative estimate of drug-likeness (QED) is 0.884. The summed E-state index contributed by atoms with van der Waals surface area (Å²) in [5, 5.41) is 2.96. The Morgan fingerprint density at radius 3 is 2.46 bits per heavy atom. The van der Waals surface area contributed by atoms with Crippen molar-refractivity contribution in [3.63, 3.8) is 0 Å². The maximum atomic E-state index is 12.1. The van der Waals surface area contributed by atoms with Crippen LogP contribution in [-0.2, 0) is 10.2 Å². The molecule has 3 N–H and O–H groups in total. The summed E-state index contributed by atoms with van der Waals surface area (Å²) in [5.74, 6) is 0.597. The molecule has 6 heteroatoms. The molecule has 1 aromatic rings. The SMILES string of the molecule is CC(C)(C)c1ccccc1OCC(=O)NC1CCN(C(N)=O)CC1. The van der Waals surface area contributed by atoms with E-state index in [-0.39, 0.29) is 24.0 Å². The van der Waals surface area contributed by atoms with Crippen molar-refractivity contribution in [2.24, 2.45) is 5.73 Å². The normalized spacial score (nSPS) is 15.9. The van der Waals surface area contributed by atoms with E-state index >= 15 is 0 Å². The van der Waals surface area contributed by atoms with Gasteiger partial charge >= 0.3 is 6.03 Å². The lowest BCUT2D eigenvalue weighted by Crippen LogP contribution is -2.48. The lowest BCUT2D eigenvalue weighted by Gasteiger charge is -2.31. The number of benzene rings is 1. The highest BCUT2D eigenvalue weighted by Gasteiger charge is 2.23. The lowest BCUT2D eigenvalue weighted by molar-refractivity contribution is -0.124. The van der Waals surface area contributed by atoms with E-state index in [1.807, 2.05) is 24.3 Å². The summed E-state index contributed by atoms with van der Waals surface area (Å²) in [6.07, 6.45) is 1.43. The Hall–Kier alpha value is -2.24. The number of urea groups is 1. The molecule has 6 nitrogen and oxygen atoms in total. The number of hydrogen-bond donors (Lipinski definition) is 2. The molecular weight excluding hydrogens is 306 g/mol. The fourth-order valence-electron chi connectivity index (χ4n) is 2.87. The third-order valence-corrected chi connectivity index (χ3v) is 4.23. The number of amides is 3. The van der Waals surface area contributed by atoms with Gasteiger partial charge in [0.05, 0.1) is 0 Å². The Morgan fingerprint density at radius 1 is 1.25 bits per heavy atom. The maximum Gasteiger partial charge on any atom is 0.314 e. The number of piperidine rings is 1. The molecule has 1 fully saturated rings. The van der Waals surface area contributed by atoms with Crippen molar-refractivity contribution in [1.29, 1.82) is 0 Å². The summed E-state index contributed by atoms with van der Waals surface area (Å²) in [7, 11) is 0. The van der Waals surface area contributed by atoms with Crippen LogP contribution in [0.5, 0.6) is 5.75 Å². The van der Waals surface area contributed by atoms with E-state index < -0.39 is 6.03 Å². The minimum absolute atomic E-state index is 0.0108. The van der Waals surface area contributed by atoms with Crippen LogP contribution >= 0.6 is 0 Å². The van der Waals surface area contributed by atoms with Gasteiger partial charge in [-0.3, -0.25) is 4.79 Å². The Kier molecular flexibility index (Phi) is 5.70. The summed E-state index contributed by atoms with van der Waals surface area (Å²) in [4.78, 5) is 24.8. The summed E-state index contributed by atoms with van der Waals surface area (Å²) in [5.41, 5.74) is 6.28. The zero-order chi connectivity index (χ0) is 17.7. The minimum Gasteiger partial charge on any atom is -0.483 e. The molecule has 0 aliphatic carbocycles. The van der Waals surface area contributed by atoms with Gasteiger partial charge in [-0.1, -0.05) is 39.0 Å². The van der Waals surface area contributed by atoms with Gasteiger partial charge in [0.25, 0.3) is 5.91 Å². The Labute approximate surface area is 143 Å². The second-order valence-corrected chi connectivity index (χ2v) is 7.20. The molecule has 24 heavy (non-hydrogen) atoms. The van der Waals surface area contributed by atoms with Crippen LogP contribution in [0.1, 0.15) is 39.2 Å². The molecule has 0 atom stereocenters. The number of hydrogen-bond acceptors (Lipinski definition) is 3. The first kappa shape index (κ1) is 18.1. The number of nitrogens with zero attached hydrogens (tertiary/aromatic N) is 1. The smallest absolute Gasteiger partial charge is 0.314 e. The van der Waals surface area contributed by atoms with E-state index in [0.29, 0.717) is 25.9 Å². The zero-order valence-electron chi connectivity index (χ0n) is 14.7. The molecule has 0 bridgehead atoms. The zero-order valence-corrected chi connectivity index (χ0v) is 14.7. The largest absolute Gasteiger partial charge is 0.483 e. The first-order chi connectivity index (χ1) is 11.3. The van der Waals surface area contributed by atoms with Gasteiger partial charge in [0.1, 0.15) is 5.75 Å². The van der Waals surface area contributed by atoms with Gasteiger partial charge in [0.2, 0.25) is 0 Å². The first-order valence-electron chi connectivity index (χ1n) is 8.33. The van der Waals surface area contributed by atoms with Crippen molar-refractivity contribution in [3.8, 4) is 5.75 Å². The molecule has 0 radical (unpaired) electrons. The molecule has 1 aromatic carbocycles. The molecule has 0 spiro atoms. The van der Waals surface area contributed by atoms with Crippen molar-refractivity contribution in [1.82, 2.24) is 10.2 Å². The molecule has 0 unspecified atom stereocenters. The number of carbonyl (C=O) groups excluding carboxylic acids is 2.